The molecule has 0 aliphatic heterocycles. The van der Waals surface area contributed by atoms with Gasteiger partial charge in [-0.3, -0.25) is 4.79 Å². The van der Waals surface area contributed by atoms with Gasteiger partial charge in [0.1, 0.15) is 0 Å². The minimum Gasteiger partial charge on any atom is -0.335 e. The third-order valence-electron chi connectivity index (χ3n) is 3.25. The number of hydrogen-bond acceptors (Lipinski definition) is 3. The highest BCUT2D eigenvalue weighted by Crippen LogP contribution is 2.13. The number of nitrogens with two attached hydrogens (primary N) is 1. The Kier molecular flexibility index (Phi) is 6.93. The van der Waals surface area contributed by atoms with E-state index in [2.05, 4.69) is 23.7 Å². The Morgan fingerprint density at radius 3 is 2.57 bits per heavy atom. The molecule has 4 nitrogen and oxygen atoms in total. The fraction of sp³-hybridized carbons (Fsp3) is 0.471. The predicted octanol–water partition coefficient (Wildman–Crippen LogP) is 1.41. The maximum Gasteiger partial charge on any atom is 0.255 e. The summed E-state index contributed by atoms with van der Waals surface area (Å²) in [6.45, 7) is 5.85. The molecule has 1 rings (SSSR count). The summed E-state index contributed by atoms with van der Waals surface area (Å²) >= 11 is 0. The summed E-state index contributed by atoms with van der Waals surface area (Å²) in [4.78, 5) is 16.8. The molecule has 0 radical (unpaired) electrons. The number of benzene rings is 1. The Morgan fingerprint density at radius 1 is 1.33 bits per heavy atom. The molecule has 0 spiro atoms. The van der Waals surface area contributed by atoms with Crippen molar-refractivity contribution in [2.75, 3.05) is 33.7 Å². The monoisotopic (exact) mass is 287 g/mol. The van der Waals surface area contributed by atoms with Gasteiger partial charge in [0.25, 0.3) is 5.91 Å². The molecule has 1 aromatic rings. The second-order valence-electron chi connectivity index (χ2n) is 5.25. The zero-order chi connectivity index (χ0) is 15.8. The molecule has 21 heavy (non-hydrogen) atoms. The van der Waals surface area contributed by atoms with E-state index >= 15 is 0 Å². The number of hydrogen-bond donors (Lipinski definition) is 1. The number of amides is 1. The number of likely N-dealkylation sites (N-methyl/N-ethyl adjacent to an activating group) is 2. The average Bonchev–Trinajstić information content (AvgIpc) is 2.45. The van der Waals surface area contributed by atoms with Crippen molar-refractivity contribution in [3.05, 3.63) is 35.4 Å². The van der Waals surface area contributed by atoms with Crippen LogP contribution >= 0.6 is 0 Å². The van der Waals surface area contributed by atoms with Crippen LogP contribution in [-0.2, 0) is 0 Å². The second kappa shape index (κ2) is 8.46. The molecule has 1 amide bonds. The van der Waals surface area contributed by atoms with E-state index in [4.69, 9.17) is 5.73 Å². The zero-order valence-electron chi connectivity index (χ0n) is 13.4. The van der Waals surface area contributed by atoms with Crippen LogP contribution < -0.4 is 5.73 Å². The Balaban J connectivity index is 3.05. The number of carbonyl (C=O) groups is 1. The van der Waals surface area contributed by atoms with Gasteiger partial charge in [-0.2, -0.15) is 0 Å². The Labute approximate surface area is 127 Å². The van der Waals surface area contributed by atoms with Crippen molar-refractivity contribution in [3.63, 3.8) is 0 Å². The standard InChI is InChI=1S/C17H25N3O/c1-5-20(14(2)13-19(3)4)17(21)16-11-7-6-9-15(16)10-8-12-18/h6-7,9,11,14H,5,12-13,18H2,1-4H3. The third kappa shape index (κ3) is 4.89. The van der Waals surface area contributed by atoms with Crippen molar-refractivity contribution < 1.29 is 4.79 Å². The first kappa shape index (κ1) is 17.2. The maximum absolute atomic E-state index is 12.8. The first-order valence-electron chi connectivity index (χ1n) is 7.24. The van der Waals surface area contributed by atoms with E-state index in [1.54, 1.807) is 0 Å². The summed E-state index contributed by atoms with van der Waals surface area (Å²) < 4.78 is 0. The Hall–Kier alpha value is -1.83. The average molecular weight is 287 g/mol. The predicted molar refractivity (Wildman–Crippen MR) is 87.1 cm³/mol. The third-order valence-corrected chi connectivity index (χ3v) is 3.25. The quantitative estimate of drug-likeness (QED) is 0.833. The van der Waals surface area contributed by atoms with Gasteiger partial charge >= 0.3 is 0 Å². The van der Waals surface area contributed by atoms with Gasteiger partial charge in [0.2, 0.25) is 0 Å². The molecule has 0 aliphatic rings. The van der Waals surface area contributed by atoms with Crippen molar-refractivity contribution in [2.24, 2.45) is 5.73 Å². The van der Waals surface area contributed by atoms with Gasteiger partial charge in [-0.05, 0) is 40.1 Å². The van der Waals surface area contributed by atoms with Gasteiger partial charge in [-0.25, -0.2) is 0 Å². The number of rotatable bonds is 5. The zero-order valence-corrected chi connectivity index (χ0v) is 13.4. The highest BCUT2D eigenvalue weighted by atomic mass is 16.2. The van der Waals surface area contributed by atoms with Crippen LogP contribution in [0.4, 0.5) is 0 Å². The molecule has 2 N–H and O–H groups in total. The van der Waals surface area contributed by atoms with Crippen molar-refractivity contribution in [1.82, 2.24) is 9.80 Å². The van der Waals surface area contributed by atoms with Crippen LogP contribution in [0, 0.1) is 11.8 Å². The van der Waals surface area contributed by atoms with Gasteiger partial charge in [0.05, 0.1) is 12.1 Å². The lowest BCUT2D eigenvalue weighted by Crippen LogP contribution is -2.43. The van der Waals surface area contributed by atoms with Crippen LogP contribution in [0.2, 0.25) is 0 Å². The van der Waals surface area contributed by atoms with E-state index < -0.39 is 0 Å². The number of carbonyl (C=O) groups excluding carboxylic acids is 1. The summed E-state index contributed by atoms with van der Waals surface area (Å²) in [5, 5.41) is 0. The first-order valence-corrected chi connectivity index (χ1v) is 7.24. The van der Waals surface area contributed by atoms with Crippen LogP contribution in [0.3, 0.4) is 0 Å². The summed E-state index contributed by atoms with van der Waals surface area (Å²) in [5.74, 6) is 5.82. The molecule has 0 fully saturated rings. The Bertz CT molecular complexity index is 528. The molecule has 0 saturated heterocycles. The largest absolute Gasteiger partial charge is 0.335 e. The van der Waals surface area contributed by atoms with Crippen LogP contribution in [-0.4, -0.2) is 55.5 Å². The lowest BCUT2D eigenvalue weighted by Gasteiger charge is -2.30. The van der Waals surface area contributed by atoms with E-state index in [1.165, 1.54) is 0 Å². The summed E-state index contributed by atoms with van der Waals surface area (Å²) in [7, 11) is 4.02. The van der Waals surface area contributed by atoms with E-state index in [9.17, 15) is 4.79 Å². The fourth-order valence-corrected chi connectivity index (χ4v) is 2.36. The molecule has 1 aromatic carbocycles. The van der Waals surface area contributed by atoms with Gasteiger partial charge in [-0.15, -0.1) is 0 Å². The molecule has 0 aromatic heterocycles. The second-order valence-corrected chi connectivity index (χ2v) is 5.25. The highest BCUT2D eigenvalue weighted by Gasteiger charge is 2.21. The topological polar surface area (TPSA) is 49.6 Å². The first-order chi connectivity index (χ1) is 10.0. The van der Waals surface area contributed by atoms with E-state index in [1.807, 2.05) is 50.2 Å². The molecule has 0 bridgehead atoms. The van der Waals surface area contributed by atoms with Gasteiger partial charge in [0.15, 0.2) is 0 Å². The van der Waals surface area contributed by atoms with Gasteiger partial charge < -0.3 is 15.5 Å². The van der Waals surface area contributed by atoms with Crippen molar-refractivity contribution in [3.8, 4) is 11.8 Å². The summed E-state index contributed by atoms with van der Waals surface area (Å²) in [6, 6.07) is 7.59. The molecule has 4 heteroatoms. The minimum absolute atomic E-state index is 0.0220. The maximum atomic E-state index is 12.8. The molecule has 1 unspecified atom stereocenters. The molecule has 114 valence electrons. The molecule has 0 heterocycles. The van der Waals surface area contributed by atoms with Crippen LogP contribution in [0.1, 0.15) is 29.8 Å². The van der Waals surface area contributed by atoms with Crippen LogP contribution in [0.5, 0.6) is 0 Å². The molecule has 0 saturated carbocycles. The normalized spacial score (nSPS) is 11.7. The molecular weight excluding hydrogens is 262 g/mol. The molecule has 1 atom stereocenters. The lowest BCUT2D eigenvalue weighted by molar-refractivity contribution is 0.0679. The van der Waals surface area contributed by atoms with Crippen LogP contribution in [0.25, 0.3) is 0 Å². The molecule has 0 aliphatic carbocycles. The lowest BCUT2D eigenvalue weighted by atomic mass is 10.1. The van der Waals surface area contributed by atoms with E-state index in [-0.39, 0.29) is 18.5 Å². The van der Waals surface area contributed by atoms with Crippen molar-refractivity contribution in [1.29, 1.82) is 0 Å². The number of nitrogens with zero attached hydrogens (tertiary/aromatic N) is 2. The SMILES string of the molecule is CCN(C(=O)c1ccccc1C#CCN)C(C)CN(C)C. The Morgan fingerprint density at radius 2 is 2.00 bits per heavy atom. The summed E-state index contributed by atoms with van der Waals surface area (Å²) in [5.41, 5.74) is 6.80. The fourth-order valence-electron chi connectivity index (χ4n) is 2.36. The smallest absolute Gasteiger partial charge is 0.255 e. The van der Waals surface area contributed by atoms with Crippen molar-refractivity contribution in [2.45, 2.75) is 19.9 Å². The van der Waals surface area contributed by atoms with E-state index in [0.29, 0.717) is 12.1 Å². The van der Waals surface area contributed by atoms with Gasteiger partial charge in [0, 0.05) is 24.7 Å². The van der Waals surface area contributed by atoms with Gasteiger partial charge in [-0.1, -0.05) is 24.0 Å². The highest BCUT2D eigenvalue weighted by molar-refractivity contribution is 5.97. The summed E-state index contributed by atoms with van der Waals surface area (Å²) in [6.07, 6.45) is 0. The molecular formula is C17H25N3O. The van der Waals surface area contributed by atoms with Crippen molar-refractivity contribution >= 4 is 5.91 Å². The van der Waals surface area contributed by atoms with E-state index in [0.717, 1.165) is 12.1 Å². The van der Waals surface area contributed by atoms with Crippen LogP contribution in [0.15, 0.2) is 24.3 Å². The minimum atomic E-state index is 0.0220.